The van der Waals surface area contributed by atoms with Crippen molar-refractivity contribution in [3.63, 3.8) is 0 Å². The van der Waals surface area contributed by atoms with Crippen molar-refractivity contribution in [3.05, 3.63) is 0 Å². The third kappa shape index (κ3) is 18.9. The van der Waals surface area contributed by atoms with Gasteiger partial charge >= 0.3 is 11.9 Å². The van der Waals surface area contributed by atoms with Crippen molar-refractivity contribution in [2.75, 3.05) is 13.2 Å². The molecule has 0 aliphatic carbocycles. The summed E-state index contributed by atoms with van der Waals surface area (Å²) in [5.74, 6) is -0.805. The molecule has 0 bridgehead atoms. The zero-order chi connectivity index (χ0) is 17.2. The van der Waals surface area contributed by atoms with Gasteiger partial charge in [-0.05, 0) is 32.1 Å². The zero-order valence-corrected chi connectivity index (χ0v) is 14.4. The molecule has 0 rings (SSSR count). The number of rotatable bonds is 17. The molecule has 0 spiro atoms. The van der Waals surface area contributed by atoms with Crippen LogP contribution in [-0.4, -0.2) is 35.4 Å². The van der Waals surface area contributed by atoms with E-state index >= 15 is 0 Å². The van der Waals surface area contributed by atoms with Crippen LogP contribution in [0.25, 0.3) is 0 Å². The van der Waals surface area contributed by atoms with Crippen molar-refractivity contribution in [2.45, 2.75) is 89.9 Å². The molecule has 0 amide bonds. The monoisotopic (exact) mass is 330 g/mol. The van der Waals surface area contributed by atoms with Crippen LogP contribution in [0.15, 0.2) is 0 Å². The Bertz CT molecular complexity index is 291. The average Bonchev–Trinajstić information content (AvgIpc) is 2.52. The SMILES string of the molecule is O=C(O)CCCCCCCCCCCC(=O)OCCCCCO. The molecule has 0 saturated carbocycles. The average molecular weight is 330 g/mol. The number of aliphatic hydroxyl groups excluding tert-OH is 1. The van der Waals surface area contributed by atoms with E-state index < -0.39 is 5.97 Å². The first-order chi connectivity index (χ1) is 11.2. The Kier molecular flexibility index (Phi) is 16.4. The van der Waals surface area contributed by atoms with Gasteiger partial charge in [0.05, 0.1) is 6.61 Å². The molecular weight excluding hydrogens is 296 g/mol. The number of esters is 1. The van der Waals surface area contributed by atoms with Gasteiger partial charge in [-0.3, -0.25) is 9.59 Å². The fourth-order valence-electron chi connectivity index (χ4n) is 2.43. The normalized spacial score (nSPS) is 10.7. The van der Waals surface area contributed by atoms with E-state index in [-0.39, 0.29) is 19.0 Å². The highest BCUT2D eigenvalue weighted by atomic mass is 16.5. The Balaban J connectivity index is 3.14. The molecule has 0 heterocycles. The van der Waals surface area contributed by atoms with Crippen LogP contribution in [0.3, 0.4) is 0 Å². The van der Waals surface area contributed by atoms with Crippen molar-refractivity contribution in [3.8, 4) is 0 Å². The molecule has 0 fully saturated rings. The number of aliphatic hydroxyl groups is 1. The Morgan fingerprint density at radius 3 is 1.65 bits per heavy atom. The van der Waals surface area contributed by atoms with E-state index in [1.165, 1.54) is 19.3 Å². The van der Waals surface area contributed by atoms with Crippen molar-refractivity contribution >= 4 is 11.9 Å². The maximum atomic E-state index is 11.4. The maximum absolute atomic E-state index is 11.4. The second-order valence-electron chi connectivity index (χ2n) is 6.08. The second kappa shape index (κ2) is 17.3. The highest BCUT2D eigenvalue weighted by Crippen LogP contribution is 2.11. The van der Waals surface area contributed by atoms with Gasteiger partial charge in [0.2, 0.25) is 0 Å². The lowest BCUT2D eigenvalue weighted by molar-refractivity contribution is -0.144. The molecule has 0 atom stereocenters. The summed E-state index contributed by atoms with van der Waals surface area (Å²) in [6.45, 7) is 0.678. The van der Waals surface area contributed by atoms with Gasteiger partial charge in [-0.2, -0.15) is 0 Å². The molecule has 0 aliphatic heterocycles. The third-order valence-corrected chi connectivity index (χ3v) is 3.84. The van der Waals surface area contributed by atoms with Crippen LogP contribution in [-0.2, 0) is 14.3 Å². The van der Waals surface area contributed by atoms with Crippen LogP contribution in [0.2, 0.25) is 0 Å². The molecule has 2 N–H and O–H groups in total. The van der Waals surface area contributed by atoms with Crippen molar-refractivity contribution in [1.82, 2.24) is 0 Å². The Morgan fingerprint density at radius 1 is 0.652 bits per heavy atom. The molecule has 5 nitrogen and oxygen atoms in total. The van der Waals surface area contributed by atoms with E-state index in [1.54, 1.807) is 0 Å². The van der Waals surface area contributed by atoms with E-state index in [0.29, 0.717) is 13.0 Å². The number of hydrogen-bond acceptors (Lipinski definition) is 4. The first-order valence-corrected chi connectivity index (χ1v) is 9.15. The molecule has 0 unspecified atom stereocenters. The maximum Gasteiger partial charge on any atom is 0.305 e. The van der Waals surface area contributed by atoms with E-state index in [9.17, 15) is 9.59 Å². The van der Waals surface area contributed by atoms with Crippen LogP contribution in [0.5, 0.6) is 0 Å². The second-order valence-corrected chi connectivity index (χ2v) is 6.08. The summed E-state index contributed by atoms with van der Waals surface area (Å²) in [6, 6.07) is 0. The molecule has 0 aliphatic rings. The first kappa shape index (κ1) is 21.9. The number of hydrogen-bond donors (Lipinski definition) is 2. The van der Waals surface area contributed by atoms with Crippen LogP contribution in [0, 0.1) is 0 Å². The van der Waals surface area contributed by atoms with E-state index in [2.05, 4.69) is 0 Å². The number of carboxylic acids is 1. The highest BCUT2D eigenvalue weighted by molar-refractivity contribution is 5.69. The summed E-state index contributed by atoms with van der Waals surface area (Å²) in [5.41, 5.74) is 0. The minimum absolute atomic E-state index is 0.104. The summed E-state index contributed by atoms with van der Waals surface area (Å²) >= 11 is 0. The van der Waals surface area contributed by atoms with Crippen LogP contribution in [0.4, 0.5) is 0 Å². The largest absolute Gasteiger partial charge is 0.481 e. The first-order valence-electron chi connectivity index (χ1n) is 9.15. The summed E-state index contributed by atoms with van der Waals surface area (Å²) in [6.07, 6.45) is 12.9. The lowest BCUT2D eigenvalue weighted by Gasteiger charge is -2.05. The quantitative estimate of drug-likeness (QED) is 0.310. The number of carbonyl (C=O) groups is 2. The van der Waals surface area contributed by atoms with Gasteiger partial charge < -0.3 is 14.9 Å². The summed E-state index contributed by atoms with van der Waals surface area (Å²) < 4.78 is 5.13. The highest BCUT2D eigenvalue weighted by Gasteiger charge is 2.02. The van der Waals surface area contributed by atoms with E-state index in [4.69, 9.17) is 14.9 Å². The van der Waals surface area contributed by atoms with Crippen molar-refractivity contribution in [2.24, 2.45) is 0 Å². The third-order valence-electron chi connectivity index (χ3n) is 3.84. The minimum Gasteiger partial charge on any atom is -0.481 e. The van der Waals surface area contributed by atoms with Gasteiger partial charge in [-0.15, -0.1) is 0 Å². The molecule has 0 saturated heterocycles. The van der Waals surface area contributed by atoms with Crippen molar-refractivity contribution in [1.29, 1.82) is 0 Å². The molecule has 0 radical (unpaired) electrons. The number of unbranched alkanes of at least 4 members (excludes halogenated alkanes) is 10. The predicted molar refractivity (Wildman–Crippen MR) is 90.3 cm³/mol. The van der Waals surface area contributed by atoms with Crippen LogP contribution in [0.1, 0.15) is 89.9 Å². The predicted octanol–water partition coefficient (Wildman–Crippen LogP) is 4.07. The fourth-order valence-corrected chi connectivity index (χ4v) is 2.43. The lowest BCUT2D eigenvalue weighted by atomic mass is 10.1. The Hall–Kier alpha value is -1.10. The van der Waals surface area contributed by atoms with E-state index in [0.717, 1.165) is 57.8 Å². The number of carbonyl (C=O) groups excluding carboxylic acids is 1. The fraction of sp³-hybridized carbons (Fsp3) is 0.889. The van der Waals surface area contributed by atoms with Crippen LogP contribution < -0.4 is 0 Å². The minimum atomic E-state index is -0.700. The summed E-state index contributed by atoms with van der Waals surface area (Å²) in [7, 11) is 0. The Morgan fingerprint density at radius 2 is 1.13 bits per heavy atom. The van der Waals surface area contributed by atoms with Gasteiger partial charge in [-0.25, -0.2) is 0 Å². The van der Waals surface area contributed by atoms with Crippen molar-refractivity contribution < 1.29 is 24.5 Å². The summed E-state index contributed by atoms with van der Waals surface area (Å²) in [4.78, 5) is 21.8. The Labute approximate surface area is 140 Å². The van der Waals surface area contributed by atoms with Gasteiger partial charge in [0.1, 0.15) is 0 Å². The molecule has 23 heavy (non-hydrogen) atoms. The van der Waals surface area contributed by atoms with Crippen LogP contribution >= 0.6 is 0 Å². The zero-order valence-electron chi connectivity index (χ0n) is 14.4. The van der Waals surface area contributed by atoms with Gasteiger partial charge in [-0.1, -0.05) is 44.9 Å². The summed E-state index contributed by atoms with van der Waals surface area (Å²) in [5, 5.41) is 17.1. The molecule has 5 heteroatoms. The molecular formula is C18H34O5. The number of carboxylic acid groups (broad SMARTS) is 1. The number of ether oxygens (including phenoxy) is 1. The molecule has 0 aromatic rings. The standard InChI is InChI=1S/C18H34O5/c19-15-11-8-12-16-23-18(22)14-10-7-5-3-1-2-4-6-9-13-17(20)21/h19H,1-16H2,(H,20,21). The molecule has 0 aromatic heterocycles. The van der Waals surface area contributed by atoms with E-state index in [1.807, 2.05) is 0 Å². The van der Waals surface area contributed by atoms with Gasteiger partial charge in [0, 0.05) is 19.4 Å². The lowest BCUT2D eigenvalue weighted by Crippen LogP contribution is -2.05. The molecule has 0 aromatic carbocycles. The van der Waals surface area contributed by atoms with Gasteiger partial charge in [0.25, 0.3) is 0 Å². The molecule has 136 valence electrons. The smallest absolute Gasteiger partial charge is 0.305 e. The number of aliphatic carboxylic acids is 1. The van der Waals surface area contributed by atoms with Gasteiger partial charge in [0.15, 0.2) is 0 Å². The topological polar surface area (TPSA) is 83.8 Å².